The van der Waals surface area contributed by atoms with Gasteiger partial charge < -0.3 is 15.5 Å². The first kappa shape index (κ1) is 18.6. The Hall–Kier alpha value is -1.73. The fourth-order valence-electron chi connectivity index (χ4n) is 4.30. The van der Waals surface area contributed by atoms with Gasteiger partial charge in [-0.15, -0.1) is 11.3 Å². The van der Waals surface area contributed by atoms with Gasteiger partial charge in [-0.1, -0.05) is 0 Å². The van der Waals surface area contributed by atoms with Crippen LogP contribution in [0.15, 0.2) is 6.33 Å². The summed E-state index contributed by atoms with van der Waals surface area (Å²) < 4.78 is 0. The molecule has 2 unspecified atom stereocenters. The van der Waals surface area contributed by atoms with Crippen molar-refractivity contribution in [2.45, 2.75) is 58.5 Å². The van der Waals surface area contributed by atoms with E-state index in [0.29, 0.717) is 6.04 Å². The third-order valence-electron chi connectivity index (χ3n) is 6.20. The van der Waals surface area contributed by atoms with E-state index in [1.165, 1.54) is 15.8 Å². The van der Waals surface area contributed by atoms with Gasteiger partial charge in [0.15, 0.2) is 0 Å². The Balaban J connectivity index is 1.41. The largest absolute Gasteiger partial charge is 0.356 e. The van der Waals surface area contributed by atoms with Gasteiger partial charge in [0.05, 0.1) is 5.39 Å². The maximum absolute atomic E-state index is 12.7. The van der Waals surface area contributed by atoms with Crippen molar-refractivity contribution in [1.29, 1.82) is 0 Å². The molecule has 27 heavy (non-hydrogen) atoms. The molecule has 2 aliphatic rings. The summed E-state index contributed by atoms with van der Waals surface area (Å²) in [6.07, 6.45) is 5.65. The van der Waals surface area contributed by atoms with Crippen LogP contribution in [0.2, 0.25) is 0 Å². The van der Waals surface area contributed by atoms with E-state index in [0.717, 1.165) is 56.0 Å². The molecule has 2 saturated heterocycles. The number of amides is 1. The highest BCUT2D eigenvalue weighted by Crippen LogP contribution is 2.35. The molecule has 0 saturated carbocycles. The number of rotatable bonds is 3. The Morgan fingerprint density at radius 1 is 1.26 bits per heavy atom. The Morgan fingerprint density at radius 2 is 2.04 bits per heavy atom. The lowest BCUT2D eigenvalue weighted by Gasteiger charge is -2.35. The van der Waals surface area contributed by atoms with Crippen LogP contribution in [-0.4, -0.2) is 47.6 Å². The van der Waals surface area contributed by atoms with Crippen LogP contribution in [0.25, 0.3) is 10.2 Å². The third-order valence-corrected chi connectivity index (χ3v) is 7.32. The van der Waals surface area contributed by atoms with Gasteiger partial charge in [0, 0.05) is 36.0 Å². The van der Waals surface area contributed by atoms with Crippen LogP contribution < -0.4 is 15.5 Å². The molecule has 0 radical (unpaired) electrons. The van der Waals surface area contributed by atoms with E-state index in [1.807, 2.05) is 0 Å². The summed E-state index contributed by atoms with van der Waals surface area (Å²) in [5.41, 5.74) is 1.28. The molecule has 2 atom stereocenters. The average molecular weight is 388 g/mol. The van der Waals surface area contributed by atoms with E-state index in [2.05, 4.69) is 46.3 Å². The molecule has 4 rings (SSSR count). The number of thiophene rings is 1. The number of hydrogen-bond donors (Lipinski definition) is 2. The predicted molar refractivity (Wildman–Crippen MR) is 110 cm³/mol. The van der Waals surface area contributed by atoms with Crippen molar-refractivity contribution in [3.63, 3.8) is 0 Å². The normalized spacial score (nSPS) is 24.3. The van der Waals surface area contributed by atoms with Gasteiger partial charge in [-0.05, 0) is 58.6 Å². The number of carbonyl (C=O) groups is 1. The van der Waals surface area contributed by atoms with Crippen molar-refractivity contribution in [3.05, 3.63) is 16.8 Å². The molecular formula is C20H29N5OS. The highest BCUT2D eigenvalue weighted by molar-refractivity contribution is 7.18. The average Bonchev–Trinajstić information content (AvgIpc) is 2.98. The van der Waals surface area contributed by atoms with E-state index in [-0.39, 0.29) is 17.9 Å². The molecule has 0 bridgehead atoms. The zero-order valence-electron chi connectivity index (χ0n) is 16.4. The van der Waals surface area contributed by atoms with Gasteiger partial charge in [-0.25, -0.2) is 9.97 Å². The van der Waals surface area contributed by atoms with E-state index in [1.54, 1.807) is 17.7 Å². The summed E-state index contributed by atoms with van der Waals surface area (Å²) in [7, 11) is 0. The Kier molecular flexibility index (Phi) is 5.32. The molecule has 0 spiro atoms. The lowest BCUT2D eigenvalue weighted by molar-refractivity contribution is -0.126. The minimum Gasteiger partial charge on any atom is -0.356 e. The summed E-state index contributed by atoms with van der Waals surface area (Å²) in [6.45, 7) is 9.26. The van der Waals surface area contributed by atoms with Gasteiger partial charge in [0.25, 0.3) is 0 Å². The van der Waals surface area contributed by atoms with Gasteiger partial charge >= 0.3 is 0 Å². The number of fused-ring (bicyclic) bond motifs is 1. The summed E-state index contributed by atoms with van der Waals surface area (Å²) >= 11 is 1.73. The molecule has 4 heterocycles. The second kappa shape index (κ2) is 7.72. The molecule has 2 aliphatic heterocycles. The van der Waals surface area contributed by atoms with Gasteiger partial charge in [0.2, 0.25) is 5.91 Å². The predicted octanol–water partition coefficient (Wildman–Crippen LogP) is 2.78. The molecule has 2 aromatic heterocycles. The molecular weight excluding hydrogens is 358 g/mol. The summed E-state index contributed by atoms with van der Waals surface area (Å²) in [5, 5.41) is 7.93. The van der Waals surface area contributed by atoms with Crippen molar-refractivity contribution in [1.82, 2.24) is 20.6 Å². The zero-order valence-corrected chi connectivity index (χ0v) is 17.2. The van der Waals surface area contributed by atoms with E-state index in [4.69, 9.17) is 0 Å². The Labute approximate surface area is 164 Å². The first-order chi connectivity index (χ1) is 13.0. The van der Waals surface area contributed by atoms with Crippen LogP contribution in [0.4, 0.5) is 5.82 Å². The minimum atomic E-state index is 0.109. The second-order valence-electron chi connectivity index (χ2n) is 7.92. The summed E-state index contributed by atoms with van der Waals surface area (Å²) in [4.78, 5) is 26.5. The first-order valence-corrected chi connectivity index (χ1v) is 10.9. The maximum Gasteiger partial charge on any atom is 0.223 e. The van der Waals surface area contributed by atoms with Crippen molar-refractivity contribution in [2.75, 3.05) is 24.5 Å². The monoisotopic (exact) mass is 387 g/mol. The number of piperidine rings is 2. The van der Waals surface area contributed by atoms with Crippen molar-refractivity contribution in [2.24, 2.45) is 5.92 Å². The minimum absolute atomic E-state index is 0.109. The SMILES string of the molecule is Cc1sc2ncnc(N3CCC(C(=O)NC4CCCNC4C)CC3)c2c1C. The quantitative estimate of drug-likeness (QED) is 0.847. The van der Waals surface area contributed by atoms with Crippen LogP contribution >= 0.6 is 11.3 Å². The molecule has 7 heteroatoms. The molecule has 2 N–H and O–H groups in total. The summed E-state index contributed by atoms with van der Waals surface area (Å²) in [5.74, 6) is 1.37. The van der Waals surface area contributed by atoms with Crippen LogP contribution in [0.3, 0.4) is 0 Å². The molecule has 146 valence electrons. The Morgan fingerprint density at radius 3 is 2.78 bits per heavy atom. The smallest absolute Gasteiger partial charge is 0.223 e. The standard InChI is InChI=1S/C20H29N5OS/c1-12-14(3)27-20-17(12)18(22-11-23-20)25-9-6-15(7-10-25)19(26)24-16-5-4-8-21-13(16)2/h11,13,15-16,21H,4-10H2,1-3H3,(H,24,26). The van der Waals surface area contributed by atoms with Crippen LogP contribution in [-0.2, 0) is 4.79 Å². The molecule has 0 aromatic carbocycles. The number of aryl methyl sites for hydroxylation is 2. The molecule has 0 aliphatic carbocycles. The van der Waals surface area contributed by atoms with Crippen molar-refractivity contribution >= 4 is 33.3 Å². The molecule has 2 fully saturated rings. The van der Waals surface area contributed by atoms with E-state index in [9.17, 15) is 4.79 Å². The lowest BCUT2D eigenvalue weighted by atomic mass is 9.93. The number of nitrogens with one attached hydrogen (secondary N) is 2. The van der Waals surface area contributed by atoms with Crippen molar-refractivity contribution in [3.8, 4) is 0 Å². The molecule has 1 amide bonds. The number of hydrogen-bond acceptors (Lipinski definition) is 6. The molecule has 2 aromatic rings. The van der Waals surface area contributed by atoms with Crippen LogP contribution in [0, 0.1) is 19.8 Å². The fraction of sp³-hybridized carbons (Fsp3) is 0.650. The Bertz CT molecular complexity index is 827. The van der Waals surface area contributed by atoms with Crippen LogP contribution in [0.1, 0.15) is 43.0 Å². The topological polar surface area (TPSA) is 70.2 Å². The zero-order chi connectivity index (χ0) is 19.0. The van der Waals surface area contributed by atoms with Crippen molar-refractivity contribution < 1.29 is 4.79 Å². The fourth-order valence-corrected chi connectivity index (χ4v) is 5.29. The van der Waals surface area contributed by atoms with Gasteiger partial charge in [-0.2, -0.15) is 0 Å². The van der Waals surface area contributed by atoms with E-state index < -0.39 is 0 Å². The van der Waals surface area contributed by atoms with Gasteiger partial charge in [-0.3, -0.25) is 4.79 Å². The number of carbonyl (C=O) groups excluding carboxylic acids is 1. The highest BCUT2D eigenvalue weighted by atomic mass is 32.1. The van der Waals surface area contributed by atoms with E-state index >= 15 is 0 Å². The number of nitrogens with zero attached hydrogens (tertiary/aromatic N) is 3. The maximum atomic E-state index is 12.7. The second-order valence-corrected chi connectivity index (χ2v) is 9.13. The van der Waals surface area contributed by atoms with Gasteiger partial charge in [0.1, 0.15) is 17.0 Å². The number of anilines is 1. The highest BCUT2D eigenvalue weighted by Gasteiger charge is 2.30. The summed E-state index contributed by atoms with van der Waals surface area (Å²) in [6, 6.07) is 0.629. The number of aromatic nitrogens is 2. The molecule has 6 nitrogen and oxygen atoms in total. The third kappa shape index (κ3) is 3.67. The van der Waals surface area contributed by atoms with Crippen LogP contribution in [0.5, 0.6) is 0 Å². The first-order valence-electron chi connectivity index (χ1n) is 10.0. The lowest BCUT2D eigenvalue weighted by Crippen LogP contribution is -2.53.